The number of hydrogen-bond donors (Lipinski definition) is 2. The topological polar surface area (TPSA) is 57.4 Å². The number of H-pyrrole nitrogens is 2. The van der Waals surface area contributed by atoms with E-state index in [0.717, 1.165) is 90.4 Å². The van der Waals surface area contributed by atoms with Gasteiger partial charge >= 0.3 is 51.2 Å². The second-order valence-corrected chi connectivity index (χ2v) is 16.7. The summed E-state index contributed by atoms with van der Waals surface area (Å²) in [5, 5.41) is 0. The van der Waals surface area contributed by atoms with Gasteiger partial charge in [0.2, 0.25) is 0 Å². The number of hydrogen-bond acceptors (Lipinski definition) is 2. The van der Waals surface area contributed by atoms with E-state index in [1.807, 2.05) is 96.3 Å². The molecule has 0 unspecified atom stereocenters. The van der Waals surface area contributed by atoms with E-state index in [2.05, 4.69) is 181 Å². The van der Waals surface area contributed by atoms with Crippen molar-refractivity contribution < 1.29 is 51.2 Å². The van der Waals surface area contributed by atoms with E-state index in [-0.39, 0.29) is 56.6 Å². The van der Waals surface area contributed by atoms with E-state index in [0.29, 0.717) is 0 Å². The van der Waals surface area contributed by atoms with Crippen molar-refractivity contribution in [3.8, 4) is 11.1 Å². The predicted molar refractivity (Wildman–Crippen MR) is 266 cm³/mol. The van der Waals surface area contributed by atoms with Gasteiger partial charge in [-0.1, -0.05) is 45.0 Å². The Kier molecular flexibility index (Phi) is 20.9. The number of rotatable bonds is 4. The Bertz CT molecular complexity index is 2220. The third kappa shape index (κ3) is 13.4. The van der Waals surface area contributed by atoms with E-state index in [4.69, 9.17) is 9.97 Å². The van der Waals surface area contributed by atoms with Gasteiger partial charge in [0.05, 0.1) is 22.8 Å². The normalized spacial score (nSPS) is 19.1. The molecule has 5 heterocycles. The van der Waals surface area contributed by atoms with Crippen LogP contribution in [0.15, 0.2) is 48.5 Å². The van der Waals surface area contributed by atoms with Gasteiger partial charge in [-0.15, -0.1) is 0 Å². The summed E-state index contributed by atoms with van der Waals surface area (Å²) in [7, 11) is 0. The zero-order valence-electron chi connectivity index (χ0n) is 37.5. The second kappa shape index (κ2) is 26.0. The number of nitrogens with one attached hydrogen (secondary N) is 2. The van der Waals surface area contributed by atoms with Crippen molar-refractivity contribution in [1.29, 1.82) is 0 Å². The summed E-state index contributed by atoms with van der Waals surface area (Å²) in [6, 6.07) is 17.8. The van der Waals surface area contributed by atoms with Gasteiger partial charge in [0.1, 0.15) is 0 Å². The van der Waals surface area contributed by atoms with Gasteiger partial charge in [-0.2, -0.15) is 0 Å². The molecule has 67 heavy (non-hydrogen) atoms. The number of aromatic nitrogens is 4. The Hall–Kier alpha value is -2.62. The van der Waals surface area contributed by atoms with Crippen LogP contribution in [-0.4, -0.2) is 19.9 Å². The monoisotopic (exact) mass is 994 g/mol. The van der Waals surface area contributed by atoms with Gasteiger partial charge in [-0.3, -0.25) is 0 Å². The summed E-state index contributed by atoms with van der Waals surface area (Å²) in [6.45, 7) is 6.76. The SMILES string of the molecule is CC(C)(C)c1ccc(-c2c3ccc([nH]3)c([C]3[CH][CH][CH][CH]3)c3nc(c([C]4[CH][CH][CH][CH]4)c4nc(c([C]5[CH][CH][CH][CH]5)c5ccc2[nH]5)C=C4)C=C3)cc1.[CH]1[CH][CH][CH][CH]1.[CH]1[CH][CH][CH][CH]1.[CH]1[CH][CH][CH][CH]1.[Fe+2].[Fe+2].[Fe+2]. The molecule has 4 nitrogen and oxygen atoms in total. The zero-order chi connectivity index (χ0) is 43.7. The molecule has 6 aliphatic carbocycles. The largest absolute Gasteiger partial charge is 2.00 e. The maximum Gasteiger partial charge on any atom is 2.00 e. The first kappa shape index (κ1) is 53.7. The van der Waals surface area contributed by atoms with Gasteiger partial charge < -0.3 is 9.97 Å². The number of fused-ring (bicyclic) bond motifs is 8. The van der Waals surface area contributed by atoms with Crippen molar-refractivity contribution in [3.05, 3.63) is 285 Å². The average Bonchev–Trinajstić information content (AvgIpc) is 4.16. The Morgan fingerprint density at radius 3 is 0.881 bits per heavy atom. The summed E-state index contributed by atoms with van der Waals surface area (Å²) in [5.41, 5.74) is 14.5. The van der Waals surface area contributed by atoms with Crippen LogP contribution in [0.1, 0.15) is 65.8 Å². The summed E-state index contributed by atoms with van der Waals surface area (Å²) in [6.07, 6.45) is 63.9. The quantitative estimate of drug-likeness (QED) is 0.173. The molecule has 30 radical (unpaired) electrons. The fourth-order valence-electron chi connectivity index (χ4n) is 8.14. The summed E-state index contributed by atoms with van der Waals surface area (Å²) in [5.74, 6) is 3.34. The minimum Gasteiger partial charge on any atom is -0.355 e. The molecule has 0 atom stereocenters. The molecule has 2 N–H and O–H groups in total. The van der Waals surface area contributed by atoms with Crippen LogP contribution in [0, 0.1) is 191 Å². The molecule has 4 aromatic rings. The first-order chi connectivity index (χ1) is 31.4. The third-order valence-corrected chi connectivity index (χ3v) is 11.3. The standard InChI is InChI=1S/C45H35N4.3C5H5.3Fe/c1-45(2,3)32-18-16-31(17-19-32)44-39-26-24-37(48-39)42(29-12-6-7-13-29)35-22-20-33(46-35)41(28-10-4-5-11-28)34-21-23-36(47-34)43(30-14-8-9-15-30)38-25-27-40(44)49-38;3*1-2-4-5-3-1;;;/h4-27,48-49H,1-3H3;3*1-5H;;;/q;;;;3*+2. The van der Waals surface area contributed by atoms with Gasteiger partial charge in [-0.25, -0.2) is 9.97 Å². The Labute approximate surface area is 436 Å². The molecule has 8 aliphatic rings. The molecule has 7 heteroatoms. The van der Waals surface area contributed by atoms with Crippen molar-refractivity contribution in [2.24, 2.45) is 0 Å². The Balaban J connectivity index is 0.000000351. The van der Waals surface area contributed by atoms with Crippen molar-refractivity contribution in [2.75, 3.05) is 0 Å². The molecule has 0 saturated heterocycles. The van der Waals surface area contributed by atoms with Crippen LogP contribution in [0.4, 0.5) is 0 Å². The van der Waals surface area contributed by atoms with Crippen molar-refractivity contribution in [1.82, 2.24) is 19.9 Å². The molecule has 12 rings (SSSR count). The van der Waals surface area contributed by atoms with Crippen molar-refractivity contribution >= 4 is 46.4 Å². The zero-order valence-corrected chi connectivity index (χ0v) is 40.8. The predicted octanol–water partition coefficient (Wildman–Crippen LogP) is 12.9. The minimum absolute atomic E-state index is 0. The Morgan fingerprint density at radius 2 is 0.582 bits per heavy atom. The van der Waals surface area contributed by atoms with E-state index >= 15 is 0 Å². The summed E-state index contributed by atoms with van der Waals surface area (Å²) >= 11 is 0. The number of nitrogens with zero attached hydrogens (tertiary/aromatic N) is 2. The smallest absolute Gasteiger partial charge is 0.355 e. The molecule has 0 spiro atoms. The second-order valence-electron chi connectivity index (χ2n) is 16.7. The van der Waals surface area contributed by atoms with E-state index in [1.165, 1.54) is 5.56 Å². The maximum absolute atomic E-state index is 5.32. The molecule has 6 saturated carbocycles. The van der Waals surface area contributed by atoms with Crippen LogP contribution in [0.5, 0.6) is 0 Å². The molecule has 1 aromatic carbocycles. The van der Waals surface area contributed by atoms with E-state index < -0.39 is 0 Å². The molecule has 8 bridgehead atoms. The molecular weight excluding hydrogens is 944 g/mol. The number of benzene rings is 1. The van der Waals surface area contributed by atoms with E-state index in [9.17, 15) is 0 Å². The molecule has 328 valence electrons. The van der Waals surface area contributed by atoms with Crippen molar-refractivity contribution in [2.45, 2.75) is 26.2 Å². The Morgan fingerprint density at radius 1 is 0.313 bits per heavy atom. The van der Waals surface area contributed by atoms with Crippen molar-refractivity contribution in [3.63, 3.8) is 0 Å². The summed E-state index contributed by atoms with van der Waals surface area (Å²) in [4.78, 5) is 18.3. The molecule has 3 aromatic heterocycles. The molecule has 2 aliphatic heterocycles. The van der Waals surface area contributed by atoms with Gasteiger partial charge in [0, 0.05) is 62.1 Å². The maximum atomic E-state index is 5.32. The van der Waals surface area contributed by atoms with Crippen LogP contribution in [0.3, 0.4) is 0 Å². The van der Waals surface area contributed by atoms with E-state index in [1.54, 1.807) is 0 Å². The number of aromatic amines is 2. The fourth-order valence-corrected chi connectivity index (χ4v) is 8.14. The van der Waals surface area contributed by atoms with Crippen LogP contribution in [-0.2, 0) is 56.6 Å². The molecule has 0 amide bonds. The van der Waals surface area contributed by atoms with Crippen LogP contribution >= 0.6 is 0 Å². The first-order valence-corrected chi connectivity index (χ1v) is 21.8. The average molecular weight is 995 g/mol. The fraction of sp³-hybridized carbons (Fsp3) is 0.0667. The summed E-state index contributed by atoms with van der Waals surface area (Å²) < 4.78 is 0. The van der Waals surface area contributed by atoms with Crippen LogP contribution in [0.25, 0.3) is 57.5 Å². The van der Waals surface area contributed by atoms with Crippen LogP contribution in [0.2, 0.25) is 0 Å². The first-order valence-electron chi connectivity index (χ1n) is 21.8. The van der Waals surface area contributed by atoms with Gasteiger partial charge in [0.25, 0.3) is 0 Å². The minimum atomic E-state index is 0. The molecular formula is C60H50Fe3N4+6. The van der Waals surface area contributed by atoms with Crippen LogP contribution < -0.4 is 0 Å². The van der Waals surface area contributed by atoms with Gasteiger partial charge in [-0.05, 0) is 238 Å². The molecule has 6 fully saturated rings. The third-order valence-electron chi connectivity index (χ3n) is 11.3. The van der Waals surface area contributed by atoms with Gasteiger partial charge in [0.15, 0.2) is 0 Å².